The smallest absolute Gasteiger partial charge is 0.173 e. The second-order valence-electron chi connectivity index (χ2n) is 1.21. The number of aromatic amines is 1. The van der Waals surface area contributed by atoms with Crippen LogP contribution in [0.2, 0.25) is 0 Å². The summed E-state index contributed by atoms with van der Waals surface area (Å²) in [4.78, 5) is 6.39. The highest BCUT2D eigenvalue weighted by Gasteiger charge is 1.84. The number of hydrogen-bond donors (Lipinski definition) is 2. The van der Waals surface area contributed by atoms with Gasteiger partial charge in [-0.1, -0.05) is 0 Å². The Kier molecular flexibility index (Phi) is 1.08. The van der Waals surface area contributed by atoms with Gasteiger partial charge in [-0.3, -0.25) is 0 Å². The third kappa shape index (κ3) is 0.778. The predicted molar refractivity (Wildman–Crippen MR) is 25.3 cm³/mol. The van der Waals surface area contributed by atoms with Crippen LogP contribution in [0.25, 0.3) is 0 Å². The van der Waals surface area contributed by atoms with E-state index in [1.54, 1.807) is 6.20 Å². The van der Waals surface area contributed by atoms with Gasteiger partial charge >= 0.3 is 0 Å². The van der Waals surface area contributed by atoms with Crippen molar-refractivity contribution in [3.05, 3.63) is 18.2 Å². The summed E-state index contributed by atoms with van der Waals surface area (Å²) in [6, 6.07) is 0. The largest absolute Gasteiger partial charge is 0.342 e. The lowest BCUT2D eigenvalue weighted by molar-refractivity contribution is 1.01. The number of rotatable bonds is 1. The Morgan fingerprint density at radius 2 is 2.86 bits per heavy atom. The number of nitrogens with zero attached hydrogens (tertiary/aromatic N) is 1. The zero-order valence-electron chi connectivity index (χ0n) is 3.81. The summed E-state index contributed by atoms with van der Waals surface area (Å²) in [7, 11) is 0. The van der Waals surface area contributed by atoms with E-state index in [4.69, 9.17) is 5.73 Å². The molecule has 1 heterocycles. The summed E-state index contributed by atoms with van der Waals surface area (Å²) in [6.07, 6.45) is 4.25. The van der Waals surface area contributed by atoms with Crippen molar-refractivity contribution in [3.8, 4) is 0 Å². The second-order valence-corrected chi connectivity index (χ2v) is 1.21. The molecule has 1 rings (SSSR count). The van der Waals surface area contributed by atoms with Crippen molar-refractivity contribution in [2.75, 3.05) is 0 Å². The number of aromatic nitrogens is 2. The third-order valence-corrected chi connectivity index (χ3v) is 0.712. The molecule has 7 heavy (non-hydrogen) atoms. The summed E-state index contributed by atoms with van der Waals surface area (Å²) in [5.74, 6) is 0. The van der Waals surface area contributed by atoms with Gasteiger partial charge in [-0.05, 0) is 0 Å². The Balaban J connectivity index is 2.76. The Bertz CT molecular complexity index is 121. The van der Waals surface area contributed by atoms with Crippen molar-refractivity contribution >= 4 is 0 Å². The average Bonchev–Trinajstić information content (AvgIpc) is 2.14. The molecule has 1 aromatic rings. The van der Waals surface area contributed by atoms with Crippen molar-refractivity contribution < 1.29 is 0 Å². The summed E-state index contributed by atoms with van der Waals surface area (Å²) in [6.45, 7) is 0.486. The molecule has 0 aliphatic carbocycles. The van der Waals surface area contributed by atoms with E-state index in [0.717, 1.165) is 5.69 Å². The molecule has 0 bridgehead atoms. The predicted octanol–water partition coefficient (Wildman–Crippen LogP) is -0.331. The molecule has 3 heteroatoms. The molecule has 0 fully saturated rings. The zero-order chi connectivity index (χ0) is 5.11. The maximum Gasteiger partial charge on any atom is 0.173 e. The van der Waals surface area contributed by atoms with Gasteiger partial charge in [-0.25, -0.2) is 4.98 Å². The van der Waals surface area contributed by atoms with E-state index >= 15 is 0 Å². The van der Waals surface area contributed by atoms with E-state index in [2.05, 4.69) is 16.3 Å². The van der Waals surface area contributed by atoms with Crippen molar-refractivity contribution in [2.45, 2.75) is 6.54 Å². The molecule has 0 aliphatic rings. The van der Waals surface area contributed by atoms with E-state index in [1.807, 2.05) is 0 Å². The van der Waals surface area contributed by atoms with Gasteiger partial charge in [0, 0.05) is 12.7 Å². The highest BCUT2D eigenvalue weighted by Crippen LogP contribution is 1.83. The minimum atomic E-state index is 0.486. The molecule has 0 atom stereocenters. The van der Waals surface area contributed by atoms with Crippen molar-refractivity contribution in [1.82, 2.24) is 9.97 Å². The van der Waals surface area contributed by atoms with Gasteiger partial charge in [0.25, 0.3) is 0 Å². The first-order valence-electron chi connectivity index (χ1n) is 2.04. The molecule has 0 amide bonds. The van der Waals surface area contributed by atoms with Crippen LogP contribution in [0.1, 0.15) is 5.69 Å². The quantitative estimate of drug-likeness (QED) is 0.503. The standard InChI is InChI=1S/C4H6N3/c5-1-4-2-6-3-7-4/h2H,1,5H2,(H,6,7). The van der Waals surface area contributed by atoms with Crippen LogP contribution in [0, 0.1) is 6.33 Å². The maximum absolute atomic E-state index is 5.19. The van der Waals surface area contributed by atoms with E-state index in [0.29, 0.717) is 6.54 Å². The van der Waals surface area contributed by atoms with Gasteiger partial charge in [-0.2, -0.15) is 0 Å². The van der Waals surface area contributed by atoms with Crippen LogP contribution in [-0.4, -0.2) is 9.97 Å². The summed E-state index contributed by atoms with van der Waals surface area (Å²) in [5.41, 5.74) is 6.04. The highest BCUT2D eigenvalue weighted by molar-refractivity contribution is 4.90. The molecule has 0 spiro atoms. The van der Waals surface area contributed by atoms with Gasteiger partial charge in [-0.15, -0.1) is 0 Å². The summed E-state index contributed by atoms with van der Waals surface area (Å²) >= 11 is 0. The number of hydrogen-bond acceptors (Lipinski definition) is 2. The Labute approximate surface area is 41.6 Å². The lowest BCUT2D eigenvalue weighted by atomic mass is 10.5. The normalized spacial score (nSPS) is 9.29. The molecule has 0 saturated heterocycles. The molecule has 1 aromatic heterocycles. The van der Waals surface area contributed by atoms with Crippen molar-refractivity contribution in [1.29, 1.82) is 0 Å². The van der Waals surface area contributed by atoms with E-state index in [9.17, 15) is 0 Å². The number of H-pyrrole nitrogens is 1. The van der Waals surface area contributed by atoms with Gasteiger partial charge in [0.15, 0.2) is 6.33 Å². The topological polar surface area (TPSA) is 54.7 Å². The van der Waals surface area contributed by atoms with Gasteiger partial charge in [0.05, 0.1) is 5.69 Å². The van der Waals surface area contributed by atoms with E-state index in [1.165, 1.54) is 0 Å². The number of nitrogens with one attached hydrogen (secondary N) is 1. The molecule has 0 aliphatic heterocycles. The molecular formula is C4H6N3. The van der Waals surface area contributed by atoms with E-state index in [-0.39, 0.29) is 0 Å². The van der Waals surface area contributed by atoms with Gasteiger partial charge in [0.1, 0.15) is 0 Å². The van der Waals surface area contributed by atoms with Crippen LogP contribution in [0.5, 0.6) is 0 Å². The van der Waals surface area contributed by atoms with Crippen LogP contribution < -0.4 is 5.73 Å². The minimum absolute atomic E-state index is 0.486. The molecule has 3 N–H and O–H groups in total. The fourth-order valence-corrected chi connectivity index (χ4v) is 0.357. The van der Waals surface area contributed by atoms with E-state index < -0.39 is 0 Å². The first kappa shape index (κ1) is 4.33. The van der Waals surface area contributed by atoms with Gasteiger partial charge in [0.2, 0.25) is 0 Å². The number of nitrogens with two attached hydrogens (primary N) is 1. The Morgan fingerprint density at radius 1 is 2.00 bits per heavy atom. The molecule has 0 saturated carbocycles. The maximum atomic E-state index is 5.19. The SMILES string of the molecule is NCc1c[nH][c]n1. The Hall–Kier alpha value is -0.830. The zero-order valence-corrected chi connectivity index (χ0v) is 3.81. The lowest BCUT2D eigenvalue weighted by Crippen LogP contribution is -1.94. The molecule has 0 aromatic carbocycles. The van der Waals surface area contributed by atoms with Crippen molar-refractivity contribution in [2.24, 2.45) is 5.73 Å². The van der Waals surface area contributed by atoms with Crippen LogP contribution in [-0.2, 0) is 6.54 Å². The fourth-order valence-electron chi connectivity index (χ4n) is 0.357. The van der Waals surface area contributed by atoms with Crippen LogP contribution in [0.15, 0.2) is 6.20 Å². The second kappa shape index (κ2) is 1.75. The summed E-state index contributed by atoms with van der Waals surface area (Å²) in [5, 5.41) is 0. The first-order chi connectivity index (χ1) is 3.43. The molecule has 3 nitrogen and oxygen atoms in total. The van der Waals surface area contributed by atoms with Crippen LogP contribution in [0.3, 0.4) is 0 Å². The monoisotopic (exact) mass is 96.1 g/mol. The molecule has 37 valence electrons. The minimum Gasteiger partial charge on any atom is -0.342 e. The average molecular weight is 96.1 g/mol. The lowest BCUT2D eigenvalue weighted by Gasteiger charge is -1.77. The summed E-state index contributed by atoms with van der Waals surface area (Å²) < 4.78 is 0. The molecular weight excluding hydrogens is 90.1 g/mol. The third-order valence-electron chi connectivity index (χ3n) is 0.712. The molecule has 1 radical (unpaired) electrons. The molecule has 0 unspecified atom stereocenters. The Morgan fingerprint density at radius 3 is 3.14 bits per heavy atom. The van der Waals surface area contributed by atoms with Crippen LogP contribution in [0.4, 0.5) is 0 Å². The first-order valence-corrected chi connectivity index (χ1v) is 2.04. The fraction of sp³-hybridized carbons (Fsp3) is 0.250. The number of imidazole rings is 1. The highest BCUT2D eigenvalue weighted by atomic mass is 14.9. The van der Waals surface area contributed by atoms with Gasteiger partial charge < -0.3 is 10.7 Å². The van der Waals surface area contributed by atoms with Crippen molar-refractivity contribution in [3.63, 3.8) is 0 Å². The van der Waals surface area contributed by atoms with Crippen LogP contribution >= 0.6 is 0 Å².